The van der Waals surface area contributed by atoms with Crippen molar-refractivity contribution in [2.24, 2.45) is 5.92 Å². The number of carbonyl (C=O) groups is 1. The van der Waals surface area contributed by atoms with Crippen LogP contribution in [0.3, 0.4) is 0 Å². The zero-order valence-corrected chi connectivity index (χ0v) is 18.0. The van der Waals surface area contributed by atoms with Crippen LogP contribution >= 0.6 is 0 Å². The van der Waals surface area contributed by atoms with Crippen molar-refractivity contribution >= 4 is 6.09 Å². The van der Waals surface area contributed by atoms with Crippen LogP contribution in [0.25, 0.3) is 11.1 Å². The number of aliphatic hydroxyl groups is 1. The van der Waals surface area contributed by atoms with Gasteiger partial charge in [0.1, 0.15) is 6.61 Å². The summed E-state index contributed by atoms with van der Waals surface area (Å²) in [5.74, 6) is 0.778. The molecule has 2 aromatic rings. The van der Waals surface area contributed by atoms with E-state index in [4.69, 9.17) is 4.74 Å². The molecule has 1 N–H and O–H groups in total. The Labute approximate surface area is 184 Å². The molecule has 6 rings (SSSR count). The monoisotopic (exact) mass is 417 g/mol. The fourth-order valence-electron chi connectivity index (χ4n) is 6.69. The van der Waals surface area contributed by atoms with Crippen molar-refractivity contribution < 1.29 is 14.6 Å². The van der Waals surface area contributed by atoms with Crippen LogP contribution in [0.5, 0.6) is 0 Å². The molecule has 3 fully saturated rings. The molecule has 2 aliphatic heterocycles. The summed E-state index contributed by atoms with van der Waals surface area (Å²) in [6.45, 7) is 0.370. The van der Waals surface area contributed by atoms with Gasteiger partial charge in [0.25, 0.3) is 0 Å². The summed E-state index contributed by atoms with van der Waals surface area (Å²) in [4.78, 5) is 15.1. The molecule has 0 aromatic heterocycles. The van der Waals surface area contributed by atoms with Crippen molar-refractivity contribution in [2.75, 3.05) is 6.61 Å². The molecular weight excluding hydrogens is 386 g/mol. The largest absolute Gasteiger partial charge is 0.448 e. The minimum atomic E-state index is -0.586. The molecule has 0 spiro atoms. The van der Waals surface area contributed by atoms with Gasteiger partial charge in [0.15, 0.2) is 0 Å². The number of nitrogens with zero attached hydrogens (tertiary/aromatic N) is 1. The van der Waals surface area contributed by atoms with Gasteiger partial charge in [-0.05, 0) is 60.3 Å². The third kappa shape index (κ3) is 3.27. The normalized spacial score (nSPS) is 29.4. The Morgan fingerprint density at radius 2 is 1.52 bits per heavy atom. The fraction of sp³-hybridized carbons (Fsp3) is 0.519. The van der Waals surface area contributed by atoms with Crippen LogP contribution in [0.2, 0.25) is 0 Å². The number of fused-ring (bicyclic) bond motifs is 5. The molecule has 2 atom stereocenters. The highest BCUT2D eigenvalue weighted by atomic mass is 16.6. The zero-order valence-electron chi connectivity index (χ0n) is 18.0. The van der Waals surface area contributed by atoms with E-state index in [9.17, 15) is 9.90 Å². The van der Waals surface area contributed by atoms with E-state index in [1.807, 2.05) is 4.90 Å². The van der Waals surface area contributed by atoms with Crippen molar-refractivity contribution in [3.63, 3.8) is 0 Å². The number of benzene rings is 2. The minimum Gasteiger partial charge on any atom is -0.448 e. The highest BCUT2D eigenvalue weighted by Gasteiger charge is 2.50. The molecule has 4 nitrogen and oxygen atoms in total. The first kappa shape index (κ1) is 19.4. The second kappa shape index (κ2) is 7.37. The van der Waals surface area contributed by atoms with Gasteiger partial charge in [-0.3, -0.25) is 0 Å². The first-order valence-corrected chi connectivity index (χ1v) is 12.0. The summed E-state index contributed by atoms with van der Waals surface area (Å²) in [7, 11) is 0. The fourth-order valence-corrected chi connectivity index (χ4v) is 6.69. The third-order valence-corrected chi connectivity index (χ3v) is 8.29. The molecule has 2 unspecified atom stereocenters. The number of hydrogen-bond acceptors (Lipinski definition) is 3. The summed E-state index contributed by atoms with van der Waals surface area (Å²) >= 11 is 0. The summed E-state index contributed by atoms with van der Waals surface area (Å²) in [6.07, 6.45) is 7.94. The number of rotatable bonds is 4. The Morgan fingerprint density at radius 1 is 0.935 bits per heavy atom. The van der Waals surface area contributed by atoms with E-state index in [0.717, 1.165) is 19.3 Å². The van der Waals surface area contributed by atoms with Crippen LogP contribution < -0.4 is 0 Å². The average Bonchev–Trinajstić information content (AvgIpc) is 3.22. The molecule has 0 radical (unpaired) electrons. The predicted molar refractivity (Wildman–Crippen MR) is 120 cm³/mol. The van der Waals surface area contributed by atoms with Crippen molar-refractivity contribution in [2.45, 2.75) is 75.0 Å². The lowest BCUT2D eigenvalue weighted by molar-refractivity contribution is -0.0686. The molecule has 4 aliphatic rings. The van der Waals surface area contributed by atoms with Gasteiger partial charge in [-0.1, -0.05) is 67.8 Å². The predicted octanol–water partition coefficient (Wildman–Crippen LogP) is 5.48. The van der Waals surface area contributed by atoms with E-state index in [2.05, 4.69) is 48.5 Å². The van der Waals surface area contributed by atoms with E-state index in [0.29, 0.717) is 25.4 Å². The quantitative estimate of drug-likeness (QED) is 0.716. The molecule has 1 amide bonds. The highest BCUT2D eigenvalue weighted by molar-refractivity contribution is 5.79. The SMILES string of the molecule is O=C(OCC1c2ccccc2-c2ccccc21)N1C2CCC1CC(O)(CC1CCC1)C2. The first-order valence-electron chi connectivity index (χ1n) is 12.0. The second-order valence-electron chi connectivity index (χ2n) is 10.2. The Balaban J connectivity index is 1.15. The molecule has 2 aromatic carbocycles. The first-order chi connectivity index (χ1) is 15.1. The molecule has 2 saturated heterocycles. The molecule has 162 valence electrons. The molecule has 4 heteroatoms. The standard InChI is InChI=1S/C27H31NO3/c29-26(28-19-12-13-20(28)16-27(30,15-19)14-18-6-5-7-18)31-17-25-23-10-3-1-8-21(23)22-9-2-4-11-24(22)25/h1-4,8-11,18-20,25,30H,5-7,12-17H2. The van der Waals surface area contributed by atoms with Crippen LogP contribution in [0.1, 0.15) is 68.4 Å². The maximum atomic E-state index is 13.2. The summed E-state index contributed by atoms with van der Waals surface area (Å²) in [6, 6.07) is 17.1. The summed E-state index contributed by atoms with van der Waals surface area (Å²) in [5.41, 5.74) is 4.40. The van der Waals surface area contributed by atoms with Crippen LogP contribution in [0.15, 0.2) is 48.5 Å². The highest BCUT2D eigenvalue weighted by Crippen LogP contribution is 2.47. The van der Waals surface area contributed by atoms with E-state index in [-0.39, 0.29) is 24.1 Å². The number of ether oxygens (including phenoxy) is 1. The summed E-state index contributed by atoms with van der Waals surface area (Å²) in [5, 5.41) is 11.2. The minimum absolute atomic E-state index is 0.0920. The smallest absolute Gasteiger partial charge is 0.410 e. The maximum Gasteiger partial charge on any atom is 0.410 e. The van der Waals surface area contributed by atoms with Gasteiger partial charge in [0.2, 0.25) is 0 Å². The third-order valence-electron chi connectivity index (χ3n) is 8.29. The Morgan fingerprint density at radius 3 is 2.06 bits per heavy atom. The Bertz CT molecular complexity index is 938. The number of amides is 1. The van der Waals surface area contributed by atoms with Crippen molar-refractivity contribution in [3.05, 3.63) is 59.7 Å². The van der Waals surface area contributed by atoms with Crippen molar-refractivity contribution in [1.82, 2.24) is 4.90 Å². The molecule has 31 heavy (non-hydrogen) atoms. The van der Waals surface area contributed by atoms with E-state index in [1.165, 1.54) is 41.5 Å². The lowest BCUT2D eigenvalue weighted by Gasteiger charge is -2.45. The van der Waals surface area contributed by atoms with Gasteiger partial charge in [0.05, 0.1) is 5.60 Å². The molecular formula is C27H31NO3. The van der Waals surface area contributed by atoms with E-state index < -0.39 is 5.60 Å². The average molecular weight is 418 g/mol. The topological polar surface area (TPSA) is 49.8 Å². The van der Waals surface area contributed by atoms with Crippen molar-refractivity contribution in [1.29, 1.82) is 0 Å². The van der Waals surface area contributed by atoms with Crippen LogP contribution in [-0.4, -0.2) is 40.4 Å². The van der Waals surface area contributed by atoms with Crippen LogP contribution in [0.4, 0.5) is 4.79 Å². The lowest BCUT2D eigenvalue weighted by Crippen LogP contribution is -2.54. The molecule has 1 saturated carbocycles. The zero-order chi connectivity index (χ0) is 21.0. The number of carbonyl (C=O) groups excluding carboxylic acids is 1. The molecule has 2 aliphatic carbocycles. The van der Waals surface area contributed by atoms with Gasteiger partial charge in [-0.15, -0.1) is 0 Å². The van der Waals surface area contributed by atoms with Gasteiger partial charge in [-0.25, -0.2) is 4.79 Å². The maximum absolute atomic E-state index is 13.2. The second-order valence-corrected chi connectivity index (χ2v) is 10.2. The van der Waals surface area contributed by atoms with Gasteiger partial charge >= 0.3 is 6.09 Å². The molecule has 2 bridgehead atoms. The number of hydrogen-bond donors (Lipinski definition) is 1. The van der Waals surface area contributed by atoms with Gasteiger partial charge < -0.3 is 14.7 Å². The number of piperidine rings is 1. The van der Waals surface area contributed by atoms with E-state index in [1.54, 1.807) is 0 Å². The Kier molecular flexibility index (Phi) is 4.60. The Hall–Kier alpha value is -2.33. The van der Waals surface area contributed by atoms with Gasteiger partial charge in [0, 0.05) is 18.0 Å². The summed E-state index contributed by atoms with van der Waals surface area (Å²) < 4.78 is 5.95. The lowest BCUT2D eigenvalue weighted by atomic mass is 9.73. The molecule has 2 heterocycles. The van der Waals surface area contributed by atoms with E-state index >= 15 is 0 Å². The van der Waals surface area contributed by atoms with Crippen LogP contribution in [0, 0.1) is 5.92 Å². The van der Waals surface area contributed by atoms with Crippen LogP contribution in [-0.2, 0) is 4.74 Å². The van der Waals surface area contributed by atoms with Gasteiger partial charge in [-0.2, -0.15) is 0 Å². The van der Waals surface area contributed by atoms with Crippen molar-refractivity contribution in [3.8, 4) is 11.1 Å².